The fraction of sp³-hybridized carbons (Fsp3) is 0.400. The zero-order valence-corrected chi connectivity index (χ0v) is 15.1. The van der Waals surface area contributed by atoms with Gasteiger partial charge in [0.15, 0.2) is 0 Å². The maximum atomic E-state index is 13.2. The SMILES string of the molecule is Cc1nn(C(C)(C)C)c(C)c1S(=O)(=O)Oc1ccc(F)c(Cl)c1. The van der Waals surface area contributed by atoms with E-state index in [4.69, 9.17) is 15.8 Å². The van der Waals surface area contributed by atoms with Gasteiger partial charge in [-0.25, -0.2) is 4.39 Å². The molecule has 0 spiro atoms. The van der Waals surface area contributed by atoms with Gasteiger partial charge in [0.05, 0.1) is 21.9 Å². The maximum absolute atomic E-state index is 13.2. The predicted molar refractivity (Wildman–Crippen MR) is 85.9 cm³/mol. The molecule has 0 N–H and O–H groups in total. The maximum Gasteiger partial charge on any atom is 0.342 e. The van der Waals surface area contributed by atoms with Crippen molar-refractivity contribution in [3.8, 4) is 5.75 Å². The van der Waals surface area contributed by atoms with Crippen LogP contribution in [0.5, 0.6) is 5.75 Å². The first-order valence-electron chi connectivity index (χ1n) is 6.90. The van der Waals surface area contributed by atoms with Crippen molar-refractivity contribution in [3.63, 3.8) is 0 Å². The molecular formula is C15H18ClFN2O3S. The molecule has 23 heavy (non-hydrogen) atoms. The van der Waals surface area contributed by atoms with Gasteiger partial charge < -0.3 is 4.18 Å². The van der Waals surface area contributed by atoms with Crippen molar-refractivity contribution in [2.75, 3.05) is 0 Å². The van der Waals surface area contributed by atoms with Gasteiger partial charge in [-0.3, -0.25) is 4.68 Å². The third-order valence-electron chi connectivity index (χ3n) is 3.21. The Labute approximate surface area is 140 Å². The van der Waals surface area contributed by atoms with Crippen molar-refractivity contribution in [2.45, 2.75) is 45.1 Å². The molecule has 0 fully saturated rings. The molecule has 2 aromatic rings. The van der Waals surface area contributed by atoms with E-state index < -0.39 is 15.9 Å². The summed E-state index contributed by atoms with van der Waals surface area (Å²) in [6.45, 7) is 9.03. The lowest BCUT2D eigenvalue weighted by Crippen LogP contribution is -2.24. The Morgan fingerprint density at radius 1 is 1.26 bits per heavy atom. The summed E-state index contributed by atoms with van der Waals surface area (Å²) in [6.07, 6.45) is 0. The van der Waals surface area contributed by atoms with Crippen LogP contribution in [0.15, 0.2) is 23.1 Å². The average Bonchev–Trinajstić information content (AvgIpc) is 2.69. The van der Waals surface area contributed by atoms with Crippen LogP contribution in [0.3, 0.4) is 0 Å². The van der Waals surface area contributed by atoms with Gasteiger partial charge in [0, 0.05) is 6.07 Å². The summed E-state index contributed by atoms with van der Waals surface area (Å²) in [4.78, 5) is 0.00729. The summed E-state index contributed by atoms with van der Waals surface area (Å²) in [5.74, 6) is -0.706. The Morgan fingerprint density at radius 3 is 2.35 bits per heavy atom. The Balaban J connectivity index is 2.48. The molecule has 0 amide bonds. The van der Waals surface area contributed by atoms with E-state index in [1.807, 2.05) is 20.8 Å². The predicted octanol–water partition coefficient (Wildman–Crippen LogP) is 3.82. The Hall–Kier alpha value is -1.60. The minimum Gasteiger partial charge on any atom is -0.379 e. The highest BCUT2D eigenvalue weighted by atomic mass is 35.5. The van der Waals surface area contributed by atoms with Crippen LogP contribution < -0.4 is 4.18 Å². The van der Waals surface area contributed by atoms with Gasteiger partial charge in [-0.1, -0.05) is 11.6 Å². The molecule has 5 nitrogen and oxygen atoms in total. The highest BCUT2D eigenvalue weighted by Crippen LogP contribution is 2.29. The molecule has 8 heteroatoms. The van der Waals surface area contributed by atoms with E-state index in [0.717, 1.165) is 12.1 Å². The number of aryl methyl sites for hydroxylation is 1. The summed E-state index contributed by atoms with van der Waals surface area (Å²) in [7, 11) is -4.11. The Bertz CT molecular complexity index is 854. The van der Waals surface area contributed by atoms with E-state index in [1.54, 1.807) is 18.5 Å². The molecule has 0 aliphatic heterocycles. The number of rotatable bonds is 3. The van der Waals surface area contributed by atoms with E-state index >= 15 is 0 Å². The van der Waals surface area contributed by atoms with Crippen molar-refractivity contribution < 1.29 is 17.0 Å². The fourth-order valence-electron chi connectivity index (χ4n) is 2.34. The molecule has 0 atom stereocenters. The van der Waals surface area contributed by atoms with E-state index in [9.17, 15) is 12.8 Å². The van der Waals surface area contributed by atoms with Crippen molar-refractivity contribution in [3.05, 3.63) is 40.4 Å². The lowest BCUT2D eigenvalue weighted by molar-refractivity contribution is 0.345. The van der Waals surface area contributed by atoms with Crippen LogP contribution in [0.2, 0.25) is 5.02 Å². The van der Waals surface area contributed by atoms with Crippen LogP contribution in [0.4, 0.5) is 4.39 Å². The molecule has 126 valence electrons. The smallest absolute Gasteiger partial charge is 0.342 e. The normalized spacial score (nSPS) is 12.5. The molecule has 0 saturated carbocycles. The van der Waals surface area contributed by atoms with Crippen molar-refractivity contribution in [2.24, 2.45) is 0 Å². The molecule has 1 heterocycles. The standard InChI is InChI=1S/C15H18ClFN2O3S/c1-9-14(10(2)19(18-9)15(3,4)5)23(20,21)22-11-6-7-13(17)12(16)8-11/h6-8H,1-5H3. The molecule has 0 unspecified atom stereocenters. The van der Waals surface area contributed by atoms with E-state index in [2.05, 4.69) is 5.10 Å². The topological polar surface area (TPSA) is 61.2 Å². The van der Waals surface area contributed by atoms with Crippen LogP contribution in [-0.2, 0) is 15.7 Å². The van der Waals surface area contributed by atoms with Crippen LogP contribution >= 0.6 is 11.6 Å². The minimum absolute atomic E-state index is 0.00729. The lowest BCUT2D eigenvalue weighted by Gasteiger charge is -2.21. The van der Waals surface area contributed by atoms with Gasteiger partial charge in [-0.15, -0.1) is 0 Å². The second-order valence-electron chi connectivity index (χ2n) is 6.20. The first kappa shape index (κ1) is 17.7. The second-order valence-corrected chi connectivity index (χ2v) is 8.09. The monoisotopic (exact) mass is 360 g/mol. The quantitative estimate of drug-likeness (QED) is 0.781. The van der Waals surface area contributed by atoms with E-state index in [1.165, 1.54) is 6.07 Å². The van der Waals surface area contributed by atoms with E-state index in [-0.39, 0.29) is 21.2 Å². The molecule has 0 aliphatic rings. The number of hydrogen-bond donors (Lipinski definition) is 0. The van der Waals surface area contributed by atoms with Crippen molar-refractivity contribution in [1.82, 2.24) is 9.78 Å². The summed E-state index contributed by atoms with van der Waals surface area (Å²) < 4.78 is 45.0. The number of hydrogen-bond acceptors (Lipinski definition) is 4. The molecule has 1 aromatic heterocycles. The largest absolute Gasteiger partial charge is 0.379 e. The molecule has 2 rings (SSSR count). The third-order valence-corrected chi connectivity index (χ3v) is 5.00. The molecule has 0 radical (unpaired) electrons. The molecule has 0 saturated heterocycles. The zero-order valence-electron chi connectivity index (χ0n) is 13.5. The minimum atomic E-state index is -4.11. The summed E-state index contributed by atoms with van der Waals surface area (Å²) in [5.41, 5.74) is 0.441. The van der Waals surface area contributed by atoms with Gasteiger partial charge >= 0.3 is 10.1 Å². The van der Waals surface area contributed by atoms with Gasteiger partial charge in [0.25, 0.3) is 0 Å². The molecule has 1 aromatic carbocycles. The highest BCUT2D eigenvalue weighted by Gasteiger charge is 2.30. The van der Waals surface area contributed by atoms with Crippen LogP contribution in [0.25, 0.3) is 0 Å². The summed E-state index contributed by atoms with van der Waals surface area (Å²) in [5, 5.41) is 4.08. The Kier molecular flexibility index (Phi) is 4.47. The van der Waals surface area contributed by atoms with Crippen LogP contribution in [0.1, 0.15) is 32.2 Å². The molecule has 0 aliphatic carbocycles. The number of aromatic nitrogens is 2. The lowest BCUT2D eigenvalue weighted by atomic mass is 10.1. The van der Waals surface area contributed by atoms with Crippen LogP contribution in [0, 0.1) is 19.7 Å². The first-order chi connectivity index (χ1) is 10.4. The number of benzene rings is 1. The van der Waals surface area contributed by atoms with Gasteiger partial charge in [-0.2, -0.15) is 13.5 Å². The van der Waals surface area contributed by atoms with Crippen molar-refractivity contribution in [1.29, 1.82) is 0 Å². The van der Waals surface area contributed by atoms with Crippen LogP contribution in [-0.4, -0.2) is 18.2 Å². The highest BCUT2D eigenvalue weighted by molar-refractivity contribution is 7.87. The van der Waals surface area contributed by atoms with Gasteiger partial charge in [0.1, 0.15) is 16.5 Å². The number of nitrogens with zero attached hydrogens (tertiary/aromatic N) is 2. The average molecular weight is 361 g/mol. The summed E-state index contributed by atoms with van der Waals surface area (Å²) >= 11 is 5.65. The van der Waals surface area contributed by atoms with Crippen molar-refractivity contribution >= 4 is 21.7 Å². The zero-order chi connectivity index (χ0) is 17.6. The second kappa shape index (κ2) is 5.79. The van der Waals surface area contributed by atoms with Gasteiger partial charge in [0.2, 0.25) is 0 Å². The van der Waals surface area contributed by atoms with Gasteiger partial charge in [-0.05, 0) is 46.8 Å². The third kappa shape index (κ3) is 3.50. The van der Waals surface area contributed by atoms with E-state index in [0.29, 0.717) is 11.4 Å². The fourth-order valence-corrected chi connectivity index (χ4v) is 3.80. The Morgan fingerprint density at radius 2 is 1.87 bits per heavy atom. The molecular weight excluding hydrogens is 343 g/mol. The summed E-state index contributed by atoms with van der Waals surface area (Å²) in [6, 6.07) is 3.37. The first-order valence-corrected chi connectivity index (χ1v) is 8.68. The number of halogens is 2. The molecule has 0 bridgehead atoms.